The van der Waals surface area contributed by atoms with Gasteiger partial charge in [-0.3, -0.25) is 23.7 Å². The fourth-order valence-corrected chi connectivity index (χ4v) is 8.33. The van der Waals surface area contributed by atoms with Gasteiger partial charge in [0.25, 0.3) is 11.8 Å². The number of rotatable bonds is 6. The molecule has 4 aliphatic rings. The van der Waals surface area contributed by atoms with Crippen molar-refractivity contribution in [2.75, 3.05) is 13.1 Å². The van der Waals surface area contributed by atoms with E-state index in [0.29, 0.717) is 35.3 Å². The van der Waals surface area contributed by atoms with Gasteiger partial charge < -0.3 is 30.2 Å². The molecule has 2 aromatic rings. The standard InChI is InChI=1S/C28H32F3N4O7PS/c1-13(36)34-11-23(28(30,31)12-34)33-25(37)20-4-3-18-8-15-7-16(15)9-19(27(39)35(18)20)32-26(38)22-10-17-6-14(2-5-21(17)44-22)24(29)43(40,41)42/h2,5-6,10,15-16,18-20,23-24H,3-4,7-9,11-12H2,1H3,(H,32,38)(H,33,37)(H2,40,41,42)/t15-,16+,18-,19+,20+,23?,24?/m1/s1. The summed E-state index contributed by atoms with van der Waals surface area (Å²) in [6.07, 6.45) is 2.75. The Morgan fingerprint density at radius 2 is 1.82 bits per heavy atom. The molecule has 0 bridgehead atoms. The number of amides is 4. The van der Waals surface area contributed by atoms with Crippen LogP contribution < -0.4 is 10.6 Å². The number of hydrogen-bond donors (Lipinski definition) is 4. The largest absolute Gasteiger partial charge is 0.363 e. The second kappa shape index (κ2) is 11.1. The number of hydrogen-bond acceptors (Lipinski definition) is 6. The number of carbonyl (C=O) groups is 4. The van der Waals surface area contributed by atoms with E-state index in [1.54, 1.807) is 0 Å². The van der Waals surface area contributed by atoms with Gasteiger partial charge in [0.15, 0.2) is 0 Å². The number of alkyl halides is 3. The van der Waals surface area contributed by atoms with E-state index >= 15 is 0 Å². The molecular weight excluding hydrogens is 624 g/mol. The summed E-state index contributed by atoms with van der Waals surface area (Å²) in [5.41, 5.74) is -0.223. The molecule has 16 heteroatoms. The first kappa shape index (κ1) is 31.0. The number of nitrogens with zero attached hydrogens (tertiary/aromatic N) is 2. The molecule has 7 atom stereocenters. The average molecular weight is 657 g/mol. The Morgan fingerprint density at radius 3 is 2.50 bits per heavy atom. The summed E-state index contributed by atoms with van der Waals surface area (Å²) < 4.78 is 55.4. The highest BCUT2D eigenvalue weighted by atomic mass is 32.1. The minimum Gasteiger partial charge on any atom is -0.344 e. The molecule has 1 aromatic carbocycles. The third-order valence-corrected chi connectivity index (χ3v) is 11.3. The van der Waals surface area contributed by atoms with Crippen LogP contribution in [0.2, 0.25) is 0 Å². The lowest BCUT2D eigenvalue weighted by Crippen LogP contribution is -2.58. The summed E-state index contributed by atoms with van der Waals surface area (Å²) >= 11 is 1.07. The number of fused-ring (bicyclic) bond motifs is 3. The maximum atomic E-state index is 14.6. The molecule has 1 aliphatic carbocycles. The Hall–Kier alpha value is -3.00. The number of benzene rings is 1. The summed E-state index contributed by atoms with van der Waals surface area (Å²) in [5.74, 6) is -7.53. The van der Waals surface area contributed by atoms with E-state index in [-0.39, 0.29) is 35.4 Å². The summed E-state index contributed by atoms with van der Waals surface area (Å²) in [4.78, 5) is 73.3. The molecule has 238 valence electrons. The Labute approximate surface area is 254 Å². The molecule has 0 spiro atoms. The van der Waals surface area contributed by atoms with Crippen LogP contribution in [-0.4, -0.2) is 86.4 Å². The minimum atomic E-state index is -5.02. The Kier molecular flexibility index (Phi) is 7.83. The predicted octanol–water partition coefficient (Wildman–Crippen LogP) is 2.92. The predicted molar refractivity (Wildman–Crippen MR) is 153 cm³/mol. The number of halogens is 3. The van der Waals surface area contributed by atoms with E-state index < -0.39 is 67.7 Å². The van der Waals surface area contributed by atoms with Gasteiger partial charge in [-0.2, -0.15) is 0 Å². The lowest BCUT2D eigenvalue weighted by Gasteiger charge is -2.35. The van der Waals surface area contributed by atoms with Crippen LogP contribution >= 0.6 is 18.9 Å². The van der Waals surface area contributed by atoms with Crippen molar-refractivity contribution in [3.8, 4) is 0 Å². The zero-order valence-electron chi connectivity index (χ0n) is 23.6. The molecule has 3 saturated heterocycles. The number of thiophene rings is 1. The van der Waals surface area contributed by atoms with Crippen molar-refractivity contribution in [3.05, 3.63) is 34.7 Å². The number of nitrogens with one attached hydrogen (secondary N) is 2. The van der Waals surface area contributed by atoms with Crippen molar-refractivity contribution >= 4 is 52.6 Å². The van der Waals surface area contributed by atoms with Crippen molar-refractivity contribution in [2.45, 2.75) is 75.0 Å². The Balaban J connectivity index is 1.19. The Bertz CT molecular complexity index is 1580. The first-order chi connectivity index (χ1) is 20.6. The van der Waals surface area contributed by atoms with Gasteiger partial charge >= 0.3 is 7.60 Å². The molecule has 1 aromatic heterocycles. The molecule has 4 heterocycles. The van der Waals surface area contributed by atoms with Crippen LogP contribution in [0.3, 0.4) is 0 Å². The summed E-state index contributed by atoms with van der Waals surface area (Å²) in [6.45, 7) is 0.0578. The van der Waals surface area contributed by atoms with Gasteiger partial charge in [0.2, 0.25) is 23.6 Å². The van der Waals surface area contributed by atoms with Crippen LogP contribution in [0.25, 0.3) is 10.1 Å². The van der Waals surface area contributed by atoms with Crippen LogP contribution in [0.15, 0.2) is 24.3 Å². The van der Waals surface area contributed by atoms with E-state index in [1.807, 2.05) is 0 Å². The van der Waals surface area contributed by atoms with Gasteiger partial charge in [0.1, 0.15) is 18.1 Å². The quantitative estimate of drug-likeness (QED) is 0.349. The van der Waals surface area contributed by atoms with E-state index in [0.717, 1.165) is 22.7 Å². The smallest absolute Gasteiger partial charge is 0.344 e. The second-order valence-corrected chi connectivity index (χ2v) is 15.0. The molecule has 4 fully saturated rings. The normalized spacial score (nSPS) is 30.3. The fraction of sp³-hybridized carbons (Fsp3) is 0.571. The van der Waals surface area contributed by atoms with Crippen LogP contribution in [0.1, 0.15) is 60.2 Å². The fourth-order valence-electron chi connectivity index (χ4n) is 6.83. The number of carbonyl (C=O) groups excluding carboxylic acids is 4. The van der Waals surface area contributed by atoms with Crippen LogP contribution in [-0.2, 0) is 18.9 Å². The molecule has 4 N–H and O–H groups in total. The lowest BCUT2D eigenvalue weighted by molar-refractivity contribution is -0.143. The highest BCUT2D eigenvalue weighted by molar-refractivity contribution is 7.51. The van der Waals surface area contributed by atoms with Gasteiger partial charge in [-0.1, -0.05) is 6.07 Å². The van der Waals surface area contributed by atoms with Crippen molar-refractivity contribution in [1.82, 2.24) is 20.4 Å². The van der Waals surface area contributed by atoms with Crippen molar-refractivity contribution in [3.63, 3.8) is 0 Å². The number of likely N-dealkylation sites (tertiary alicyclic amines) is 1. The van der Waals surface area contributed by atoms with Gasteiger partial charge in [-0.05, 0) is 73.1 Å². The maximum Gasteiger partial charge on any atom is 0.363 e. The zero-order valence-corrected chi connectivity index (χ0v) is 25.3. The second-order valence-electron chi connectivity index (χ2n) is 12.3. The van der Waals surface area contributed by atoms with E-state index in [2.05, 4.69) is 10.6 Å². The first-order valence-corrected chi connectivity index (χ1v) is 16.9. The van der Waals surface area contributed by atoms with Crippen molar-refractivity contribution in [1.29, 1.82) is 0 Å². The van der Waals surface area contributed by atoms with Crippen LogP contribution in [0.5, 0.6) is 0 Å². The Morgan fingerprint density at radius 1 is 1.09 bits per heavy atom. The molecular formula is C28H32F3N4O7PS. The zero-order chi connectivity index (χ0) is 31.7. The topological polar surface area (TPSA) is 156 Å². The SMILES string of the molecule is CC(=O)N1CC(NC(=O)[C@@H]2CC[C@@H]3C[C@H]4C[C@H]4C[C@H](NC(=O)c4cc5cc(C(F)P(=O)(O)O)ccc5s4)C(=O)N32)C(F)(F)C1. The van der Waals surface area contributed by atoms with Gasteiger partial charge in [0, 0.05) is 24.2 Å². The molecule has 4 amide bonds. The highest BCUT2D eigenvalue weighted by Crippen LogP contribution is 2.53. The summed E-state index contributed by atoms with van der Waals surface area (Å²) in [6, 6.07) is 1.64. The molecule has 11 nitrogen and oxygen atoms in total. The van der Waals surface area contributed by atoms with E-state index in [9.17, 15) is 46.7 Å². The maximum absolute atomic E-state index is 14.6. The van der Waals surface area contributed by atoms with E-state index in [1.165, 1.54) is 36.1 Å². The van der Waals surface area contributed by atoms with Crippen LogP contribution in [0, 0.1) is 11.8 Å². The van der Waals surface area contributed by atoms with Crippen molar-refractivity contribution < 1.29 is 46.7 Å². The monoisotopic (exact) mass is 656 g/mol. The molecule has 0 radical (unpaired) electrons. The van der Waals surface area contributed by atoms with E-state index in [4.69, 9.17) is 0 Å². The lowest BCUT2D eigenvalue weighted by atomic mass is 9.99. The summed E-state index contributed by atoms with van der Waals surface area (Å²) in [5, 5.41) is 5.59. The first-order valence-electron chi connectivity index (χ1n) is 14.4. The summed E-state index contributed by atoms with van der Waals surface area (Å²) in [7, 11) is -5.02. The molecule has 2 unspecified atom stereocenters. The van der Waals surface area contributed by atoms with Gasteiger partial charge in [0.05, 0.1) is 11.4 Å². The van der Waals surface area contributed by atoms with Crippen LogP contribution in [0.4, 0.5) is 13.2 Å². The molecule has 6 rings (SSSR count). The van der Waals surface area contributed by atoms with Gasteiger partial charge in [-0.15, -0.1) is 11.3 Å². The molecule has 44 heavy (non-hydrogen) atoms. The highest BCUT2D eigenvalue weighted by Gasteiger charge is 2.54. The third kappa shape index (κ3) is 5.86. The molecule has 3 aliphatic heterocycles. The average Bonchev–Trinajstić information content (AvgIpc) is 3.25. The third-order valence-electron chi connectivity index (χ3n) is 9.26. The molecule has 1 saturated carbocycles. The minimum absolute atomic E-state index is 0.205. The van der Waals surface area contributed by atoms with Gasteiger partial charge in [-0.25, -0.2) is 13.2 Å². The van der Waals surface area contributed by atoms with Crippen molar-refractivity contribution in [2.24, 2.45) is 11.8 Å².